The molecule has 0 fully saturated rings. The summed E-state index contributed by atoms with van der Waals surface area (Å²) < 4.78 is 0. The van der Waals surface area contributed by atoms with Gasteiger partial charge in [0.15, 0.2) is 0 Å². The zero-order valence-electron chi connectivity index (χ0n) is 11.3. The summed E-state index contributed by atoms with van der Waals surface area (Å²) in [4.78, 5) is 10.8. The van der Waals surface area contributed by atoms with Crippen LogP contribution in [0.5, 0.6) is 0 Å². The average Bonchev–Trinajstić information content (AvgIpc) is 2.47. The summed E-state index contributed by atoms with van der Waals surface area (Å²) in [5, 5.41) is 8.96. The average molecular weight is 265 g/mol. The van der Waals surface area contributed by atoms with Crippen LogP contribution in [0.15, 0.2) is 24.4 Å². The number of nitrogen functional groups attached to an aromatic ring is 1. The van der Waals surface area contributed by atoms with Crippen molar-refractivity contribution in [3.63, 3.8) is 0 Å². The van der Waals surface area contributed by atoms with Gasteiger partial charge in [-0.05, 0) is 37.1 Å². The lowest BCUT2D eigenvalue weighted by Gasteiger charge is -2.30. The lowest BCUT2D eigenvalue weighted by atomic mass is 10.0. The molecule has 5 nitrogen and oxygen atoms in total. The minimum atomic E-state index is 0.595. The zero-order chi connectivity index (χ0) is 14.1. The van der Waals surface area contributed by atoms with E-state index >= 15 is 0 Å². The highest BCUT2D eigenvalue weighted by Gasteiger charge is 2.20. The monoisotopic (exact) mass is 265 g/mol. The van der Waals surface area contributed by atoms with Gasteiger partial charge in [-0.1, -0.05) is 0 Å². The maximum absolute atomic E-state index is 8.96. The predicted molar refractivity (Wildman–Crippen MR) is 77.1 cm³/mol. The molecule has 2 aromatic rings. The fourth-order valence-corrected chi connectivity index (χ4v) is 2.53. The number of pyridine rings is 2. The molecule has 1 aliphatic heterocycles. The molecule has 0 unspecified atom stereocenters. The Bertz CT molecular complexity index is 702. The van der Waals surface area contributed by atoms with E-state index in [0.717, 1.165) is 30.0 Å². The van der Waals surface area contributed by atoms with Gasteiger partial charge in [-0.25, -0.2) is 9.97 Å². The van der Waals surface area contributed by atoms with Crippen LogP contribution in [0.4, 0.5) is 11.6 Å². The molecule has 2 aromatic heterocycles. The van der Waals surface area contributed by atoms with Crippen LogP contribution in [0.3, 0.4) is 0 Å². The largest absolute Gasteiger partial charge is 0.383 e. The van der Waals surface area contributed by atoms with E-state index in [0.29, 0.717) is 17.9 Å². The highest BCUT2D eigenvalue weighted by Crippen LogP contribution is 2.26. The molecule has 0 aliphatic carbocycles. The van der Waals surface area contributed by atoms with E-state index in [-0.39, 0.29) is 0 Å². The van der Waals surface area contributed by atoms with Gasteiger partial charge < -0.3 is 10.6 Å². The second-order valence-electron chi connectivity index (χ2n) is 4.92. The fourth-order valence-electron chi connectivity index (χ4n) is 2.53. The van der Waals surface area contributed by atoms with E-state index < -0.39 is 0 Å². The molecule has 3 heterocycles. The number of aryl methyl sites for hydroxylation is 1. The summed E-state index contributed by atoms with van der Waals surface area (Å²) in [5.41, 5.74) is 9.68. The number of nitrogens with two attached hydrogens (primary N) is 1. The minimum absolute atomic E-state index is 0.595. The summed E-state index contributed by atoms with van der Waals surface area (Å²) in [7, 11) is 0. The standard InChI is InChI=1S/C15H15N5/c1-10-12(8-16)2-3-14(19-10)20-7-5-11-4-6-18-15(17)13(11)9-20/h2-4,6H,5,7,9H2,1H3,(H2,17,18). The molecule has 0 saturated carbocycles. The summed E-state index contributed by atoms with van der Waals surface area (Å²) in [6, 6.07) is 7.88. The smallest absolute Gasteiger partial charge is 0.129 e. The maximum atomic E-state index is 8.96. The van der Waals surface area contributed by atoms with Crippen LogP contribution in [0.25, 0.3) is 0 Å². The SMILES string of the molecule is Cc1nc(N2CCc3ccnc(N)c3C2)ccc1C#N. The highest BCUT2D eigenvalue weighted by molar-refractivity contribution is 5.52. The first kappa shape index (κ1) is 12.4. The third-order valence-corrected chi connectivity index (χ3v) is 3.70. The third kappa shape index (κ3) is 2.05. The van der Waals surface area contributed by atoms with Crippen molar-refractivity contribution in [2.24, 2.45) is 0 Å². The molecule has 0 atom stereocenters. The van der Waals surface area contributed by atoms with E-state index in [4.69, 9.17) is 11.0 Å². The van der Waals surface area contributed by atoms with Crippen molar-refractivity contribution < 1.29 is 0 Å². The van der Waals surface area contributed by atoms with E-state index in [1.807, 2.05) is 25.1 Å². The van der Waals surface area contributed by atoms with Crippen molar-refractivity contribution in [2.75, 3.05) is 17.2 Å². The zero-order valence-corrected chi connectivity index (χ0v) is 11.3. The quantitative estimate of drug-likeness (QED) is 0.850. The third-order valence-electron chi connectivity index (χ3n) is 3.70. The lowest BCUT2D eigenvalue weighted by molar-refractivity contribution is 0.718. The van der Waals surface area contributed by atoms with Crippen molar-refractivity contribution >= 4 is 11.6 Å². The molecule has 5 heteroatoms. The Morgan fingerprint density at radius 3 is 2.95 bits per heavy atom. The Labute approximate surface area is 117 Å². The number of anilines is 2. The van der Waals surface area contributed by atoms with E-state index in [1.54, 1.807) is 6.20 Å². The Balaban J connectivity index is 1.93. The Hall–Kier alpha value is -2.61. The first-order chi connectivity index (χ1) is 9.69. The van der Waals surface area contributed by atoms with E-state index in [2.05, 4.69) is 20.9 Å². The summed E-state index contributed by atoms with van der Waals surface area (Å²) in [6.07, 6.45) is 2.69. The van der Waals surface area contributed by atoms with Crippen molar-refractivity contribution in [3.8, 4) is 6.07 Å². The molecule has 100 valence electrons. The van der Waals surface area contributed by atoms with Crippen LogP contribution in [0, 0.1) is 18.3 Å². The van der Waals surface area contributed by atoms with Crippen LogP contribution in [-0.2, 0) is 13.0 Å². The number of hydrogen-bond donors (Lipinski definition) is 1. The molecular weight excluding hydrogens is 250 g/mol. The molecule has 1 aliphatic rings. The molecule has 0 aromatic carbocycles. The molecule has 2 N–H and O–H groups in total. The van der Waals surface area contributed by atoms with Gasteiger partial charge >= 0.3 is 0 Å². The summed E-state index contributed by atoms with van der Waals surface area (Å²) in [6.45, 7) is 3.47. The predicted octanol–water partition coefficient (Wildman–Crippen LogP) is 1.80. The number of aromatic nitrogens is 2. The first-order valence-electron chi connectivity index (χ1n) is 6.54. The number of nitriles is 1. The number of hydrogen-bond acceptors (Lipinski definition) is 5. The molecule has 0 saturated heterocycles. The number of rotatable bonds is 1. The van der Waals surface area contributed by atoms with Gasteiger partial charge in [-0.2, -0.15) is 5.26 Å². The van der Waals surface area contributed by atoms with E-state index in [9.17, 15) is 0 Å². The normalized spacial score (nSPS) is 13.7. The first-order valence-corrected chi connectivity index (χ1v) is 6.54. The second kappa shape index (κ2) is 4.82. The van der Waals surface area contributed by atoms with Gasteiger partial charge in [0.2, 0.25) is 0 Å². The molecule has 0 amide bonds. The van der Waals surface area contributed by atoms with Crippen molar-refractivity contribution in [3.05, 3.63) is 46.8 Å². The number of nitrogens with zero attached hydrogens (tertiary/aromatic N) is 4. The Morgan fingerprint density at radius 1 is 1.35 bits per heavy atom. The van der Waals surface area contributed by atoms with Crippen LogP contribution in [0.1, 0.15) is 22.4 Å². The van der Waals surface area contributed by atoms with Crippen molar-refractivity contribution in [1.29, 1.82) is 5.26 Å². The Morgan fingerprint density at radius 2 is 2.20 bits per heavy atom. The summed E-state index contributed by atoms with van der Waals surface area (Å²) in [5.74, 6) is 1.48. The van der Waals surface area contributed by atoms with Gasteiger partial charge in [0.05, 0.1) is 11.3 Å². The van der Waals surface area contributed by atoms with Crippen LogP contribution in [0.2, 0.25) is 0 Å². The van der Waals surface area contributed by atoms with Gasteiger partial charge in [-0.3, -0.25) is 0 Å². The topological polar surface area (TPSA) is 78.8 Å². The second-order valence-corrected chi connectivity index (χ2v) is 4.92. The maximum Gasteiger partial charge on any atom is 0.129 e. The lowest BCUT2D eigenvalue weighted by Crippen LogP contribution is -2.32. The van der Waals surface area contributed by atoms with Crippen LogP contribution >= 0.6 is 0 Å². The van der Waals surface area contributed by atoms with Crippen molar-refractivity contribution in [1.82, 2.24) is 9.97 Å². The molecule has 3 rings (SSSR count). The van der Waals surface area contributed by atoms with Gasteiger partial charge in [-0.15, -0.1) is 0 Å². The van der Waals surface area contributed by atoms with Crippen LogP contribution in [-0.4, -0.2) is 16.5 Å². The Kier molecular flexibility index (Phi) is 2.99. The molecule has 20 heavy (non-hydrogen) atoms. The van der Waals surface area contributed by atoms with Gasteiger partial charge in [0.25, 0.3) is 0 Å². The summed E-state index contributed by atoms with van der Waals surface area (Å²) >= 11 is 0. The number of fused-ring (bicyclic) bond motifs is 1. The minimum Gasteiger partial charge on any atom is -0.383 e. The van der Waals surface area contributed by atoms with Gasteiger partial charge in [0.1, 0.15) is 17.7 Å². The highest BCUT2D eigenvalue weighted by atomic mass is 15.2. The van der Waals surface area contributed by atoms with Crippen LogP contribution < -0.4 is 10.6 Å². The molecular formula is C15H15N5. The molecule has 0 radical (unpaired) electrons. The van der Waals surface area contributed by atoms with Crippen molar-refractivity contribution in [2.45, 2.75) is 19.9 Å². The molecule has 0 bridgehead atoms. The van der Waals surface area contributed by atoms with E-state index in [1.165, 1.54) is 5.56 Å². The molecule has 0 spiro atoms. The fraction of sp³-hybridized carbons (Fsp3) is 0.267. The van der Waals surface area contributed by atoms with Gasteiger partial charge in [0, 0.05) is 24.8 Å².